The van der Waals surface area contributed by atoms with E-state index in [2.05, 4.69) is 11.4 Å². The van der Waals surface area contributed by atoms with Gasteiger partial charge in [0.05, 0.1) is 18.2 Å². The summed E-state index contributed by atoms with van der Waals surface area (Å²) in [4.78, 5) is 11.8. The number of hydrogen-bond acceptors (Lipinski definition) is 5. The molecule has 2 aliphatic carbocycles. The molecule has 0 aromatic heterocycles. The fourth-order valence-electron chi connectivity index (χ4n) is 2.88. The van der Waals surface area contributed by atoms with E-state index in [1.807, 2.05) is 0 Å². The topological polar surface area (TPSA) is 108 Å². The summed E-state index contributed by atoms with van der Waals surface area (Å²) in [7, 11) is 0. The lowest BCUT2D eigenvalue weighted by atomic mass is 10.0. The Morgan fingerprint density at radius 3 is 2.26 bits per heavy atom. The number of amides is 1. The van der Waals surface area contributed by atoms with E-state index in [0.717, 1.165) is 0 Å². The van der Waals surface area contributed by atoms with Crippen LogP contribution in [0.3, 0.4) is 0 Å². The molecular formula is C20H28FN5O. The van der Waals surface area contributed by atoms with Crippen molar-refractivity contribution in [2.45, 2.75) is 56.9 Å². The fraction of sp³-hybridized carbons (Fsp3) is 0.500. The van der Waals surface area contributed by atoms with Gasteiger partial charge in [0, 0.05) is 11.9 Å². The Morgan fingerprint density at radius 1 is 1.22 bits per heavy atom. The van der Waals surface area contributed by atoms with Crippen LogP contribution in [0.25, 0.3) is 0 Å². The molecule has 0 spiro atoms. The number of nitrogens with one attached hydrogen (secondary N) is 1. The van der Waals surface area contributed by atoms with Crippen LogP contribution >= 0.6 is 0 Å². The van der Waals surface area contributed by atoms with Crippen molar-refractivity contribution in [2.75, 3.05) is 6.54 Å². The number of benzene rings is 1. The van der Waals surface area contributed by atoms with Crippen molar-refractivity contribution >= 4 is 5.91 Å². The van der Waals surface area contributed by atoms with Crippen LogP contribution in [0.1, 0.15) is 61.7 Å². The van der Waals surface area contributed by atoms with Crippen molar-refractivity contribution < 1.29 is 9.18 Å². The fourth-order valence-corrected chi connectivity index (χ4v) is 2.88. The van der Waals surface area contributed by atoms with Gasteiger partial charge in [-0.15, -0.1) is 0 Å². The van der Waals surface area contributed by atoms with Gasteiger partial charge in [0.15, 0.2) is 0 Å². The van der Waals surface area contributed by atoms with Crippen molar-refractivity contribution in [1.82, 2.24) is 10.3 Å². The first-order valence-corrected chi connectivity index (χ1v) is 9.43. The zero-order valence-electron chi connectivity index (χ0n) is 15.6. The van der Waals surface area contributed by atoms with Crippen molar-refractivity contribution in [1.29, 1.82) is 5.26 Å². The van der Waals surface area contributed by atoms with Gasteiger partial charge in [-0.2, -0.15) is 5.26 Å². The number of nitriles is 1. The molecule has 0 heterocycles. The minimum Gasteiger partial charge on any atom is -0.399 e. The minimum absolute atomic E-state index is 0.0162. The lowest BCUT2D eigenvalue weighted by Crippen LogP contribution is -2.39. The summed E-state index contributed by atoms with van der Waals surface area (Å²) in [5.74, 6) is 4.59. The summed E-state index contributed by atoms with van der Waals surface area (Å²) in [6.45, 7) is 0.0162. The molecule has 27 heavy (non-hydrogen) atoms. The zero-order valence-corrected chi connectivity index (χ0v) is 15.6. The summed E-state index contributed by atoms with van der Waals surface area (Å²) in [6, 6.07) is 7.79. The smallest absolute Gasteiger partial charge is 0.254 e. The number of carbonyl (C=O) groups is 1. The Balaban J connectivity index is 0.000000369. The molecule has 3 rings (SSSR count). The van der Waals surface area contributed by atoms with Gasteiger partial charge in [-0.25, -0.2) is 10.2 Å². The molecule has 2 aliphatic rings. The normalized spacial score (nSPS) is 17.7. The second-order valence-electron chi connectivity index (χ2n) is 7.04. The average molecular weight is 373 g/mol. The van der Waals surface area contributed by atoms with Crippen LogP contribution in [-0.2, 0) is 0 Å². The van der Waals surface area contributed by atoms with E-state index < -0.39 is 17.3 Å². The van der Waals surface area contributed by atoms with Gasteiger partial charge in [-0.1, -0.05) is 50.7 Å². The third-order valence-corrected chi connectivity index (χ3v) is 4.80. The molecular weight excluding hydrogens is 345 g/mol. The van der Waals surface area contributed by atoms with E-state index in [-0.39, 0.29) is 17.8 Å². The Hall–Kier alpha value is -2.59. The first-order chi connectivity index (χ1) is 13.0. The van der Waals surface area contributed by atoms with E-state index in [0.29, 0.717) is 12.8 Å². The predicted octanol–water partition coefficient (Wildman–Crippen LogP) is 2.93. The highest BCUT2D eigenvalue weighted by molar-refractivity contribution is 5.94. The number of nitrogens with two attached hydrogens (primary N) is 2. The Labute approximate surface area is 160 Å². The second-order valence-corrected chi connectivity index (χ2v) is 7.04. The highest BCUT2D eigenvalue weighted by Gasteiger charge is 2.47. The summed E-state index contributed by atoms with van der Waals surface area (Å²) in [6.07, 6.45) is 11.8. The Kier molecular flexibility index (Phi) is 7.62. The van der Waals surface area contributed by atoms with Crippen LogP contribution in [0.4, 0.5) is 4.39 Å². The molecule has 2 saturated carbocycles. The molecule has 0 atom stereocenters. The van der Waals surface area contributed by atoms with Gasteiger partial charge in [0.2, 0.25) is 0 Å². The van der Waals surface area contributed by atoms with Crippen molar-refractivity contribution in [3.63, 3.8) is 0 Å². The zero-order chi connectivity index (χ0) is 19.7. The lowest BCUT2D eigenvalue weighted by molar-refractivity contribution is 0.0952. The van der Waals surface area contributed by atoms with Crippen molar-refractivity contribution in [3.05, 3.63) is 47.5 Å². The van der Waals surface area contributed by atoms with E-state index in [9.17, 15) is 9.18 Å². The van der Waals surface area contributed by atoms with Gasteiger partial charge in [0.1, 0.15) is 11.4 Å². The van der Waals surface area contributed by atoms with Crippen LogP contribution in [0.5, 0.6) is 0 Å². The molecule has 7 heteroatoms. The molecule has 5 N–H and O–H groups in total. The van der Waals surface area contributed by atoms with Crippen molar-refractivity contribution in [2.24, 2.45) is 11.6 Å². The lowest BCUT2D eigenvalue weighted by Gasteiger charge is -2.20. The molecule has 6 nitrogen and oxygen atoms in total. The highest BCUT2D eigenvalue weighted by Crippen LogP contribution is 2.39. The van der Waals surface area contributed by atoms with Crippen molar-refractivity contribution in [3.8, 4) is 6.07 Å². The number of nitrogens with zero attached hydrogens (tertiary/aromatic N) is 2. The summed E-state index contributed by atoms with van der Waals surface area (Å²) < 4.78 is 13.4. The number of hydrogen-bond donors (Lipinski definition) is 3. The standard InChI is InChI=1S/C14H16FN5O.C6H12/c15-12-4-2-1-3-11(12)13(21)19-7-10(17)8-20(18)14(9-16)5-6-14;1-2-4-6-5-3-1/h1-4,8H,5-7,17-18H2,(H,19,21);1-6H2/b10-8-;. The maximum atomic E-state index is 13.4. The van der Waals surface area contributed by atoms with Gasteiger partial charge < -0.3 is 11.1 Å². The quantitative estimate of drug-likeness (QED) is 0.543. The average Bonchev–Trinajstić information content (AvgIpc) is 3.50. The SMILES string of the molecule is C1CCCCC1.N#CC1(N(N)/C=C(\N)CNC(=O)c2ccccc2F)CC1. The number of hydrazine groups is 1. The molecule has 0 saturated heterocycles. The van der Waals surface area contributed by atoms with Crippen LogP contribution in [0, 0.1) is 17.1 Å². The summed E-state index contributed by atoms with van der Waals surface area (Å²) in [5.41, 5.74) is 5.29. The van der Waals surface area contributed by atoms with E-state index in [1.54, 1.807) is 6.07 Å². The Bertz CT molecular complexity index is 693. The first-order valence-electron chi connectivity index (χ1n) is 9.43. The Morgan fingerprint density at radius 2 is 1.78 bits per heavy atom. The van der Waals surface area contributed by atoms with Crippen LogP contribution in [-0.4, -0.2) is 23.0 Å². The van der Waals surface area contributed by atoms with Gasteiger partial charge in [-0.05, 0) is 25.0 Å². The van der Waals surface area contributed by atoms with Crippen LogP contribution in [0.2, 0.25) is 0 Å². The van der Waals surface area contributed by atoms with Gasteiger partial charge in [-0.3, -0.25) is 9.80 Å². The number of carbonyl (C=O) groups excluding carboxylic acids is 1. The van der Waals surface area contributed by atoms with E-state index in [1.165, 1.54) is 67.9 Å². The summed E-state index contributed by atoms with van der Waals surface area (Å²) in [5, 5.41) is 12.7. The molecule has 146 valence electrons. The third-order valence-electron chi connectivity index (χ3n) is 4.80. The second kappa shape index (κ2) is 9.93. The molecule has 0 radical (unpaired) electrons. The van der Waals surface area contributed by atoms with Crippen LogP contribution < -0.4 is 16.9 Å². The number of halogens is 1. The largest absolute Gasteiger partial charge is 0.399 e. The van der Waals surface area contributed by atoms with Gasteiger partial charge in [0.25, 0.3) is 5.91 Å². The molecule has 0 unspecified atom stereocenters. The molecule has 1 aromatic carbocycles. The maximum absolute atomic E-state index is 13.4. The molecule has 0 bridgehead atoms. The number of rotatable bonds is 5. The maximum Gasteiger partial charge on any atom is 0.254 e. The van der Waals surface area contributed by atoms with E-state index >= 15 is 0 Å². The first kappa shape index (κ1) is 20.7. The summed E-state index contributed by atoms with van der Waals surface area (Å²) >= 11 is 0. The van der Waals surface area contributed by atoms with Crippen LogP contribution in [0.15, 0.2) is 36.2 Å². The highest BCUT2D eigenvalue weighted by atomic mass is 19.1. The monoisotopic (exact) mass is 373 g/mol. The molecule has 1 amide bonds. The van der Waals surface area contributed by atoms with Gasteiger partial charge >= 0.3 is 0 Å². The molecule has 2 fully saturated rings. The molecule has 0 aliphatic heterocycles. The predicted molar refractivity (Wildman–Crippen MR) is 102 cm³/mol. The third kappa shape index (κ3) is 6.26. The molecule has 1 aromatic rings. The minimum atomic E-state index is -0.680. The van der Waals surface area contributed by atoms with E-state index in [4.69, 9.17) is 16.8 Å².